The minimum atomic E-state index is -0.160. The first-order valence-electron chi connectivity index (χ1n) is 4.31. The first-order chi connectivity index (χ1) is 6.67. The Morgan fingerprint density at radius 1 is 1.64 bits per heavy atom. The highest BCUT2D eigenvalue weighted by Gasteiger charge is 2.09. The summed E-state index contributed by atoms with van der Waals surface area (Å²) in [5.41, 5.74) is 0.908. The molecule has 1 aromatic rings. The molecule has 0 amide bonds. The number of nitriles is 1. The van der Waals surface area contributed by atoms with Crippen molar-refractivity contribution in [1.29, 1.82) is 5.26 Å². The summed E-state index contributed by atoms with van der Waals surface area (Å²) in [6, 6.07) is 1.98. The number of thioether (sulfide) groups is 1. The fourth-order valence-electron chi connectivity index (χ4n) is 0.845. The molecule has 1 unspecified atom stereocenters. The lowest BCUT2D eigenvalue weighted by atomic mass is 10.4. The topological polar surface area (TPSA) is 61.9 Å². The van der Waals surface area contributed by atoms with Gasteiger partial charge in [-0.3, -0.25) is 0 Å². The van der Waals surface area contributed by atoms with Crippen molar-refractivity contribution in [1.82, 2.24) is 10.3 Å². The Morgan fingerprint density at radius 2 is 2.36 bits per heavy atom. The predicted octanol–water partition coefficient (Wildman–Crippen LogP) is 1.50. The minimum Gasteiger partial charge on any atom is -0.437 e. The van der Waals surface area contributed by atoms with Crippen LogP contribution < -0.4 is 5.32 Å². The third kappa shape index (κ3) is 2.76. The molecule has 14 heavy (non-hydrogen) atoms. The Hall–Kier alpha value is -0.990. The molecule has 1 rings (SSSR count). The lowest BCUT2D eigenvalue weighted by molar-refractivity contribution is 0.431. The van der Waals surface area contributed by atoms with Crippen LogP contribution >= 0.6 is 11.8 Å². The summed E-state index contributed by atoms with van der Waals surface area (Å²) in [7, 11) is 1.76. The van der Waals surface area contributed by atoms with Gasteiger partial charge in [-0.25, -0.2) is 4.98 Å². The van der Waals surface area contributed by atoms with Crippen LogP contribution in [0.4, 0.5) is 0 Å². The van der Waals surface area contributed by atoms with E-state index in [2.05, 4.69) is 16.4 Å². The molecule has 0 aliphatic heterocycles. The van der Waals surface area contributed by atoms with Gasteiger partial charge in [0.05, 0.1) is 11.8 Å². The van der Waals surface area contributed by atoms with E-state index >= 15 is 0 Å². The van der Waals surface area contributed by atoms with Gasteiger partial charge < -0.3 is 9.73 Å². The molecule has 5 heteroatoms. The maximum Gasteiger partial charge on any atom is 0.256 e. The molecule has 0 spiro atoms. The van der Waals surface area contributed by atoms with Crippen molar-refractivity contribution in [2.75, 3.05) is 12.8 Å². The summed E-state index contributed by atoms with van der Waals surface area (Å²) in [5, 5.41) is 12.2. The molecule has 0 radical (unpaired) electrons. The first-order valence-corrected chi connectivity index (χ1v) is 5.29. The van der Waals surface area contributed by atoms with E-state index in [1.165, 1.54) is 11.8 Å². The molecule has 0 bridgehead atoms. The molecule has 1 aromatic heterocycles. The molecular weight excluding hydrogens is 198 g/mol. The predicted molar refractivity (Wildman–Crippen MR) is 55.2 cm³/mol. The van der Waals surface area contributed by atoms with Gasteiger partial charge in [0.2, 0.25) is 0 Å². The van der Waals surface area contributed by atoms with Crippen LogP contribution in [0, 0.1) is 25.2 Å². The fourth-order valence-corrected chi connectivity index (χ4v) is 1.78. The molecule has 0 fully saturated rings. The Balaban J connectivity index is 2.50. The number of nitrogens with zero attached hydrogens (tertiary/aromatic N) is 2. The van der Waals surface area contributed by atoms with Gasteiger partial charge in [-0.15, -0.1) is 0 Å². The monoisotopic (exact) mass is 211 g/mol. The molecule has 76 valence electrons. The molecule has 0 aliphatic carbocycles. The quantitative estimate of drug-likeness (QED) is 0.765. The van der Waals surface area contributed by atoms with Crippen LogP contribution in [0.1, 0.15) is 11.5 Å². The van der Waals surface area contributed by atoms with Gasteiger partial charge in [0.25, 0.3) is 5.22 Å². The van der Waals surface area contributed by atoms with Crippen LogP contribution in [0.2, 0.25) is 0 Å². The second-order valence-electron chi connectivity index (χ2n) is 2.90. The van der Waals surface area contributed by atoms with E-state index in [9.17, 15) is 0 Å². The van der Waals surface area contributed by atoms with Crippen LogP contribution in [-0.4, -0.2) is 23.8 Å². The van der Waals surface area contributed by atoms with E-state index < -0.39 is 0 Å². The molecule has 1 heterocycles. The molecule has 1 atom stereocenters. The summed E-state index contributed by atoms with van der Waals surface area (Å²) in [6.45, 7) is 3.79. The van der Waals surface area contributed by atoms with Crippen LogP contribution in [0.15, 0.2) is 9.64 Å². The second-order valence-corrected chi connectivity index (χ2v) is 3.87. The van der Waals surface area contributed by atoms with Gasteiger partial charge in [0.15, 0.2) is 0 Å². The maximum atomic E-state index is 8.69. The van der Waals surface area contributed by atoms with E-state index in [0.717, 1.165) is 11.5 Å². The van der Waals surface area contributed by atoms with Crippen LogP contribution in [0.25, 0.3) is 0 Å². The number of oxazole rings is 1. The van der Waals surface area contributed by atoms with Crippen molar-refractivity contribution in [3.8, 4) is 6.07 Å². The lowest BCUT2D eigenvalue weighted by Crippen LogP contribution is -2.25. The van der Waals surface area contributed by atoms with Gasteiger partial charge >= 0.3 is 0 Å². The van der Waals surface area contributed by atoms with Gasteiger partial charge in [-0.2, -0.15) is 5.26 Å². The van der Waals surface area contributed by atoms with Crippen molar-refractivity contribution in [2.45, 2.75) is 25.1 Å². The van der Waals surface area contributed by atoms with E-state index in [4.69, 9.17) is 9.68 Å². The number of aromatic nitrogens is 1. The van der Waals surface area contributed by atoms with Gasteiger partial charge in [0, 0.05) is 5.75 Å². The molecule has 0 saturated carbocycles. The zero-order valence-corrected chi connectivity index (χ0v) is 9.31. The molecular formula is C9H13N3OS. The van der Waals surface area contributed by atoms with Gasteiger partial charge in [-0.1, -0.05) is 11.8 Å². The number of nitrogens with one attached hydrogen (secondary N) is 1. The third-order valence-corrected chi connectivity index (χ3v) is 2.81. The molecule has 4 nitrogen and oxygen atoms in total. The number of hydrogen-bond donors (Lipinski definition) is 1. The lowest BCUT2D eigenvalue weighted by Gasteiger charge is -2.03. The zero-order chi connectivity index (χ0) is 10.6. The molecule has 0 aromatic carbocycles. The highest BCUT2D eigenvalue weighted by atomic mass is 32.2. The summed E-state index contributed by atoms with van der Waals surface area (Å²) in [5.74, 6) is 1.48. The van der Waals surface area contributed by atoms with Crippen molar-refractivity contribution in [3.05, 3.63) is 11.5 Å². The van der Waals surface area contributed by atoms with Gasteiger partial charge in [0.1, 0.15) is 11.8 Å². The maximum absolute atomic E-state index is 8.69. The summed E-state index contributed by atoms with van der Waals surface area (Å²) in [4.78, 5) is 4.21. The number of aryl methyl sites for hydroxylation is 2. The smallest absolute Gasteiger partial charge is 0.256 e. The summed E-state index contributed by atoms with van der Waals surface area (Å²) < 4.78 is 5.37. The Labute approximate surface area is 87.7 Å². The third-order valence-electron chi connectivity index (χ3n) is 1.89. The fraction of sp³-hybridized carbons (Fsp3) is 0.556. The highest BCUT2D eigenvalue weighted by molar-refractivity contribution is 7.99. The second kappa shape index (κ2) is 5.03. The molecule has 1 N–H and O–H groups in total. The largest absolute Gasteiger partial charge is 0.437 e. The zero-order valence-electron chi connectivity index (χ0n) is 8.50. The highest BCUT2D eigenvalue weighted by Crippen LogP contribution is 2.20. The van der Waals surface area contributed by atoms with Crippen LogP contribution in [0.3, 0.4) is 0 Å². The standard InChI is InChI=1S/C9H13N3OS/c1-6-7(2)13-9(12-6)14-5-8(4-10)11-3/h8,11H,5H2,1-3H3. The van der Waals surface area contributed by atoms with Crippen molar-refractivity contribution < 1.29 is 4.42 Å². The molecule has 0 aliphatic rings. The Morgan fingerprint density at radius 3 is 2.79 bits per heavy atom. The molecule has 0 saturated heterocycles. The normalized spacial score (nSPS) is 12.4. The SMILES string of the molecule is CNC(C#N)CSc1nc(C)c(C)o1. The minimum absolute atomic E-state index is 0.160. The van der Waals surface area contributed by atoms with Crippen molar-refractivity contribution in [3.63, 3.8) is 0 Å². The number of rotatable bonds is 4. The van der Waals surface area contributed by atoms with Crippen molar-refractivity contribution in [2.24, 2.45) is 0 Å². The van der Waals surface area contributed by atoms with Gasteiger partial charge in [-0.05, 0) is 20.9 Å². The summed E-state index contributed by atoms with van der Waals surface area (Å²) in [6.07, 6.45) is 0. The Bertz CT molecular complexity index is 323. The average Bonchev–Trinajstić information content (AvgIpc) is 2.48. The summed E-state index contributed by atoms with van der Waals surface area (Å²) >= 11 is 1.45. The number of hydrogen-bond acceptors (Lipinski definition) is 5. The van der Waals surface area contributed by atoms with Crippen LogP contribution in [0.5, 0.6) is 0 Å². The van der Waals surface area contributed by atoms with E-state index in [0.29, 0.717) is 11.0 Å². The average molecular weight is 211 g/mol. The van der Waals surface area contributed by atoms with E-state index in [1.54, 1.807) is 7.05 Å². The Kier molecular flexibility index (Phi) is 3.98. The first kappa shape index (κ1) is 11.1. The van der Waals surface area contributed by atoms with E-state index in [1.807, 2.05) is 13.8 Å². The van der Waals surface area contributed by atoms with E-state index in [-0.39, 0.29) is 6.04 Å². The van der Waals surface area contributed by atoms with Crippen molar-refractivity contribution >= 4 is 11.8 Å². The van der Waals surface area contributed by atoms with Crippen LogP contribution in [-0.2, 0) is 0 Å².